The summed E-state index contributed by atoms with van der Waals surface area (Å²) < 4.78 is 0. The van der Waals surface area contributed by atoms with Gasteiger partial charge in [0.15, 0.2) is 0 Å². The van der Waals surface area contributed by atoms with Gasteiger partial charge in [-0.3, -0.25) is 0 Å². The Bertz CT molecular complexity index is 359. The van der Waals surface area contributed by atoms with Crippen molar-refractivity contribution in [2.45, 2.75) is 11.8 Å². The molecule has 0 nitrogen and oxygen atoms in total. The molecule has 1 unspecified atom stereocenters. The molecule has 0 aromatic heterocycles. The van der Waals surface area contributed by atoms with E-state index in [9.17, 15) is 0 Å². The summed E-state index contributed by atoms with van der Waals surface area (Å²) in [6.07, 6.45) is 3.80. The first-order chi connectivity index (χ1) is 6.52. The van der Waals surface area contributed by atoms with Crippen LogP contribution in [-0.4, -0.2) is 4.83 Å². The highest BCUT2D eigenvalue weighted by atomic mass is 79.9. The number of hydrogen-bond acceptors (Lipinski definition) is 0. The highest BCUT2D eigenvalue weighted by Crippen LogP contribution is 2.32. The Morgan fingerprint density at radius 2 is 1.79 bits per heavy atom. The van der Waals surface area contributed by atoms with Crippen LogP contribution in [0.3, 0.4) is 0 Å². The van der Waals surface area contributed by atoms with E-state index < -0.39 is 0 Å². The SMILES string of the molecule is CC(Br)/C=C/c1c(Cl)ccc(Cl)c1Cl. The van der Waals surface area contributed by atoms with Crippen molar-refractivity contribution in [3.05, 3.63) is 38.8 Å². The summed E-state index contributed by atoms with van der Waals surface area (Å²) in [6, 6.07) is 3.41. The van der Waals surface area contributed by atoms with Gasteiger partial charge in [-0.2, -0.15) is 0 Å². The van der Waals surface area contributed by atoms with E-state index in [1.165, 1.54) is 0 Å². The van der Waals surface area contributed by atoms with Gasteiger partial charge in [-0.1, -0.05) is 62.9 Å². The van der Waals surface area contributed by atoms with E-state index in [-0.39, 0.29) is 4.83 Å². The van der Waals surface area contributed by atoms with Crippen molar-refractivity contribution in [1.29, 1.82) is 0 Å². The molecule has 1 rings (SSSR count). The normalized spacial score (nSPS) is 13.5. The highest BCUT2D eigenvalue weighted by molar-refractivity contribution is 9.09. The lowest BCUT2D eigenvalue weighted by molar-refractivity contribution is 1.28. The molecule has 0 saturated carbocycles. The molecule has 0 heterocycles. The maximum atomic E-state index is 6.00. The number of alkyl halides is 1. The minimum Gasteiger partial charge on any atom is -0.0848 e. The second kappa shape index (κ2) is 5.41. The maximum Gasteiger partial charge on any atom is 0.0679 e. The van der Waals surface area contributed by atoms with Gasteiger partial charge in [0.25, 0.3) is 0 Å². The van der Waals surface area contributed by atoms with Crippen LogP contribution in [0.1, 0.15) is 12.5 Å². The predicted molar refractivity (Wildman–Crippen MR) is 68.9 cm³/mol. The Labute approximate surface area is 107 Å². The van der Waals surface area contributed by atoms with E-state index in [1.807, 2.05) is 19.1 Å². The van der Waals surface area contributed by atoms with Crippen molar-refractivity contribution in [3.63, 3.8) is 0 Å². The van der Waals surface area contributed by atoms with Crippen molar-refractivity contribution < 1.29 is 0 Å². The third-order valence-corrected chi connectivity index (χ3v) is 3.06. The van der Waals surface area contributed by atoms with E-state index in [4.69, 9.17) is 34.8 Å². The van der Waals surface area contributed by atoms with Crippen molar-refractivity contribution in [3.8, 4) is 0 Å². The summed E-state index contributed by atoms with van der Waals surface area (Å²) in [7, 11) is 0. The van der Waals surface area contributed by atoms with Crippen LogP contribution in [-0.2, 0) is 0 Å². The Morgan fingerprint density at radius 3 is 2.36 bits per heavy atom. The predicted octanol–water partition coefficient (Wildman–Crippen LogP) is 5.44. The van der Waals surface area contributed by atoms with Gasteiger partial charge in [0.2, 0.25) is 0 Å². The number of benzene rings is 1. The Kier molecular flexibility index (Phi) is 4.78. The first kappa shape index (κ1) is 12.4. The second-order valence-corrected chi connectivity index (χ2v) is 5.43. The second-order valence-electron chi connectivity index (χ2n) is 2.79. The summed E-state index contributed by atoms with van der Waals surface area (Å²) in [5, 5.41) is 1.60. The molecule has 1 aromatic rings. The topological polar surface area (TPSA) is 0 Å². The summed E-state index contributed by atoms with van der Waals surface area (Å²) in [4.78, 5) is 0.272. The van der Waals surface area contributed by atoms with E-state index in [2.05, 4.69) is 15.9 Å². The van der Waals surface area contributed by atoms with Crippen LogP contribution < -0.4 is 0 Å². The first-order valence-corrected chi connectivity index (χ1v) is 6.03. The number of hydrogen-bond donors (Lipinski definition) is 0. The van der Waals surface area contributed by atoms with Gasteiger partial charge in [-0.25, -0.2) is 0 Å². The summed E-state index contributed by atoms with van der Waals surface area (Å²) >= 11 is 21.2. The molecule has 0 aliphatic heterocycles. The molecule has 0 bridgehead atoms. The molecule has 0 saturated heterocycles. The smallest absolute Gasteiger partial charge is 0.0679 e. The van der Waals surface area contributed by atoms with E-state index in [1.54, 1.807) is 12.1 Å². The van der Waals surface area contributed by atoms with Gasteiger partial charge in [-0.05, 0) is 19.1 Å². The zero-order valence-electron chi connectivity index (χ0n) is 7.40. The third kappa shape index (κ3) is 3.16. The zero-order chi connectivity index (χ0) is 10.7. The number of allylic oxidation sites excluding steroid dienone is 1. The van der Waals surface area contributed by atoms with Gasteiger partial charge < -0.3 is 0 Å². The summed E-state index contributed by atoms with van der Waals surface area (Å²) in [5.41, 5.74) is 0.757. The molecular weight excluding hydrogens is 306 g/mol. The van der Waals surface area contributed by atoms with Crippen LogP contribution >= 0.6 is 50.7 Å². The average Bonchev–Trinajstić information content (AvgIpc) is 2.11. The molecule has 0 spiro atoms. The van der Waals surface area contributed by atoms with Crippen molar-refractivity contribution in [1.82, 2.24) is 0 Å². The average molecular weight is 314 g/mol. The molecule has 0 aliphatic rings. The number of halogens is 4. The van der Waals surface area contributed by atoms with Crippen LogP contribution in [0.5, 0.6) is 0 Å². The molecular formula is C10H8BrCl3. The summed E-state index contributed by atoms with van der Waals surface area (Å²) in [5.74, 6) is 0. The van der Waals surface area contributed by atoms with E-state index in [0.29, 0.717) is 15.1 Å². The molecule has 1 aromatic carbocycles. The van der Waals surface area contributed by atoms with Gasteiger partial charge in [-0.15, -0.1) is 0 Å². The molecule has 76 valence electrons. The first-order valence-electron chi connectivity index (χ1n) is 3.98. The lowest BCUT2D eigenvalue weighted by Gasteiger charge is -2.03. The van der Waals surface area contributed by atoms with Crippen LogP contribution in [0.15, 0.2) is 18.2 Å². The Balaban J connectivity index is 3.13. The van der Waals surface area contributed by atoms with Gasteiger partial charge in [0.1, 0.15) is 0 Å². The quantitative estimate of drug-likeness (QED) is 0.503. The zero-order valence-corrected chi connectivity index (χ0v) is 11.3. The van der Waals surface area contributed by atoms with Gasteiger partial charge in [0, 0.05) is 15.4 Å². The van der Waals surface area contributed by atoms with Crippen LogP contribution in [0, 0.1) is 0 Å². The fourth-order valence-electron chi connectivity index (χ4n) is 0.924. The van der Waals surface area contributed by atoms with Crippen molar-refractivity contribution in [2.75, 3.05) is 0 Å². The Hall–Kier alpha value is 0.310. The largest absolute Gasteiger partial charge is 0.0848 e. The third-order valence-electron chi connectivity index (χ3n) is 1.61. The minimum absolute atomic E-state index is 0.272. The molecule has 0 amide bonds. The molecule has 0 fully saturated rings. The highest BCUT2D eigenvalue weighted by Gasteiger charge is 2.06. The van der Waals surface area contributed by atoms with Crippen molar-refractivity contribution >= 4 is 56.8 Å². The van der Waals surface area contributed by atoms with E-state index >= 15 is 0 Å². The molecule has 14 heavy (non-hydrogen) atoms. The van der Waals surface area contributed by atoms with Crippen LogP contribution in [0.4, 0.5) is 0 Å². The monoisotopic (exact) mass is 312 g/mol. The molecule has 1 atom stereocenters. The lowest BCUT2D eigenvalue weighted by atomic mass is 10.2. The lowest BCUT2D eigenvalue weighted by Crippen LogP contribution is -1.83. The molecule has 0 aliphatic carbocycles. The number of rotatable bonds is 2. The van der Waals surface area contributed by atoms with Crippen LogP contribution in [0.2, 0.25) is 15.1 Å². The Morgan fingerprint density at radius 1 is 1.21 bits per heavy atom. The van der Waals surface area contributed by atoms with Crippen molar-refractivity contribution in [2.24, 2.45) is 0 Å². The molecule has 4 heteroatoms. The van der Waals surface area contributed by atoms with Gasteiger partial charge in [0.05, 0.1) is 10.0 Å². The standard InChI is InChI=1S/C10H8BrCl3/c1-6(11)2-3-7-8(12)4-5-9(13)10(7)14/h2-6H,1H3/b3-2+. The fraction of sp³-hybridized carbons (Fsp3) is 0.200. The molecule has 0 radical (unpaired) electrons. The van der Waals surface area contributed by atoms with Gasteiger partial charge >= 0.3 is 0 Å². The molecule has 0 N–H and O–H groups in total. The maximum absolute atomic E-state index is 6.00. The van der Waals surface area contributed by atoms with Crippen LogP contribution in [0.25, 0.3) is 6.08 Å². The fourth-order valence-corrected chi connectivity index (χ4v) is 1.74. The minimum atomic E-state index is 0.272. The van der Waals surface area contributed by atoms with E-state index in [0.717, 1.165) is 5.56 Å². The summed E-state index contributed by atoms with van der Waals surface area (Å²) in [6.45, 7) is 2.00.